The standard InChI is InChI=1S/C20H28N4O3.HI/c1-4-15(5-2)17-10-16(27-24-17)12-23-20(21-6-3)22-11-14-7-8-18-19(9-14)26-13-25-18;/h7-10,15H,4-6,11-13H2,1-3H3,(H2,21,22,23);1H. The van der Waals surface area contributed by atoms with Crippen molar-refractivity contribution < 1.29 is 14.0 Å². The Morgan fingerprint density at radius 3 is 2.64 bits per heavy atom. The number of fused-ring (bicyclic) bond motifs is 1. The number of benzene rings is 1. The van der Waals surface area contributed by atoms with Crippen LogP contribution in [0.25, 0.3) is 0 Å². The zero-order chi connectivity index (χ0) is 19.1. The molecule has 2 heterocycles. The second-order valence-electron chi connectivity index (χ2n) is 6.47. The molecule has 0 aliphatic carbocycles. The predicted octanol–water partition coefficient (Wildman–Crippen LogP) is 4.18. The van der Waals surface area contributed by atoms with Gasteiger partial charge in [-0.05, 0) is 37.5 Å². The molecule has 0 amide bonds. The van der Waals surface area contributed by atoms with Crippen molar-refractivity contribution in [3.05, 3.63) is 41.3 Å². The summed E-state index contributed by atoms with van der Waals surface area (Å²) in [6.07, 6.45) is 2.13. The van der Waals surface area contributed by atoms with E-state index in [0.717, 1.165) is 53.9 Å². The van der Waals surface area contributed by atoms with E-state index in [4.69, 9.17) is 14.0 Å². The fraction of sp³-hybridized carbons (Fsp3) is 0.500. The van der Waals surface area contributed by atoms with Crippen molar-refractivity contribution in [3.8, 4) is 11.5 Å². The van der Waals surface area contributed by atoms with Gasteiger partial charge in [0.05, 0.1) is 18.8 Å². The van der Waals surface area contributed by atoms with Gasteiger partial charge in [0.15, 0.2) is 23.2 Å². The fourth-order valence-electron chi connectivity index (χ4n) is 3.03. The van der Waals surface area contributed by atoms with Gasteiger partial charge in [-0.3, -0.25) is 0 Å². The molecule has 8 heteroatoms. The minimum atomic E-state index is 0. The number of nitrogens with one attached hydrogen (secondary N) is 2. The maximum absolute atomic E-state index is 5.47. The summed E-state index contributed by atoms with van der Waals surface area (Å²) in [5, 5.41) is 10.8. The van der Waals surface area contributed by atoms with Crippen LogP contribution in [-0.4, -0.2) is 24.5 Å². The summed E-state index contributed by atoms with van der Waals surface area (Å²) in [7, 11) is 0. The van der Waals surface area contributed by atoms with Crippen molar-refractivity contribution in [2.24, 2.45) is 4.99 Å². The number of hydrogen-bond acceptors (Lipinski definition) is 5. The lowest BCUT2D eigenvalue weighted by molar-refractivity contribution is 0.174. The quantitative estimate of drug-likeness (QED) is 0.322. The maximum atomic E-state index is 5.47. The Kier molecular flexibility index (Phi) is 8.88. The van der Waals surface area contributed by atoms with Crippen LogP contribution in [0.5, 0.6) is 11.5 Å². The van der Waals surface area contributed by atoms with E-state index in [0.29, 0.717) is 19.0 Å². The first-order valence-corrected chi connectivity index (χ1v) is 9.59. The first-order chi connectivity index (χ1) is 13.2. The minimum absolute atomic E-state index is 0. The molecule has 2 N–H and O–H groups in total. The molecular formula is C20H29IN4O3. The van der Waals surface area contributed by atoms with Crippen LogP contribution in [0, 0.1) is 0 Å². The van der Waals surface area contributed by atoms with Gasteiger partial charge >= 0.3 is 0 Å². The van der Waals surface area contributed by atoms with Gasteiger partial charge in [0, 0.05) is 18.5 Å². The molecule has 0 unspecified atom stereocenters. The lowest BCUT2D eigenvalue weighted by Crippen LogP contribution is -2.36. The van der Waals surface area contributed by atoms with Gasteiger partial charge in [-0.2, -0.15) is 0 Å². The fourth-order valence-corrected chi connectivity index (χ4v) is 3.03. The van der Waals surface area contributed by atoms with Gasteiger partial charge in [-0.15, -0.1) is 24.0 Å². The number of nitrogens with zero attached hydrogens (tertiary/aromatic N) is 2. The number of halogens is 1. The molecule has 0 spiro atoms. The number of hydrogen-bond donors (Lipinski definition) is 2. The van der Waals surface area contributed by atoms with Gasteiger partial charge < -0.3 is 24.6 Å². The van der Waals surface area contributed by atoms with Crippen molar-refractivity contribution in [2.45, 2.75) is 52.6 Å². The summed E-state index contributed by atoms with van der Waals surface area (Å²) in [6.45, 7) is 8.53. The van der Waals surface area contributed by atoms with Gasteiger partial charge in [0.1, 0.15) is 0 Å². The molecule has 0 bridgehead atoms. The molecule has 3 rings (SSSR count). The van der Waals surface area contributed by atoms with Crippen LogP contribution in [0.2, 0.25) is 0 Å². The third-order valence-corrected chi connectivity index (χ3v) is 4.61. The van der Waals surface area contributed by atoms with Crippen LogP contribution >= 0.6 is 24.0 Å². The molecule has 0 saturated heterocycles. The Labute approximate surface area is 183 Å². The first kappa shape index (κ1) is 22.3. The molecule has 1 aromatic heterocycles. The van der Waals surface area contributed by atoms with E-state index >= 15 is 0 Å². The lowest BCUT2D eigenvalue weighted by Gasteiger charge is -2.10. The molecule has 0 atom stereocenters. The molecule has 0 radical (unpaired) electrons. The van der Waals surface area contributed by atoms with Gasteiger partial charge in [0.2, 0.25) is 6.79 Å². The van der Waals surface area contributed by atoms with E-state index < -0.39 is 0 Å². The van der Waals surface area contributed by atoms with Crippen molar-refractivity contribution >= 4 is 29.9 Å². The number of aromatic nitrogens is 1. The van der Waals surface area contributed by atoms with E-state index in [1.165, 1.54) is 0 Å². The van der Waals surface area contributed by atoms with Crippen LogP contribution in [0.3, 0.4) is 0 Å². The van der Waals surface area contributed by atoms with E-state index in [2.05, 4.69) is 34.6 Å². The summed E-state index contributed by atoms with van der Waals surface area (Å²) >= 11 is 0. The largest absolute Gasteiger partial charge is 0.454 e. The lowest BCUT2D eigenvalue weighted by atomic mass is 9.99. The Morgan fingerprint density at radius 2 is 1.89 bits per heavy atom. The molecule has 28 heavy (non-hydrogen) atoms. The summed E-state index contributed by atoms with van der Waals surface area (Å²) in [5.74, 6) is 3.55. The van der Waals surface area contributed by atoms with E-state index in [1.54, 1.807) is 0 Å². The number of guanidine groups is 1. The first-order valence-electron chi connectivity index (χ1n) is 9.59. The molecule has 0 saturated carbocycles. The smallest absolute Gasteiger partial charge is 0.231 e. The van der Waals surface area contributed by atoms with Gasteiger partial charge in [0.25, 0.3) is 0 Å². The van der Waals surface area contributed by atoms with Gasteiger partial charge in [-0.25, -0.2) is 4.99 Å². The Morgan fingerprint density at radius 1 is 1.11 bits per heavy atom. The molecule has 154 valence electrons. The monoisotopic (exact) mass is 500 g/mol. The second kappa shape index (κ2) is 11.1. The third-order valence-electron chi connectivity index (χ3n) is 4.61. The number of rotatable bonds is 8. The van der Waals surface area contributed by atoms with Crippen LogP contribution in [-0.2, 0) is 13.1 Å². The molecular weight excluding hydrogens is 471 g/mol. The summed E-state index contributed by atoms with van der Waals surface area (Å²) in [6, 6.07) is 7.92. The molecule has 7 nitrogen and oxygen atoms in total. The Balaban J connectivity index is 0.00000280. The van der Waals surface area contributed by atoms with Crippen LogP contribution < -0.4 is 20.1 Å². The summed E-state index contributed by atoms with van der Waals surface area (Å²) < 4.78 is 16.2. The molecule has 1 aliphatic heterocycles. The Bertz CT molecular complexity index is 775. The SMILES string of the molecule is CCNC(=NCc1ccc2c(c1)OCO2)NCc1cc(C(CC)CC)no1.I. The minimum Gasteiger partial charge on any atom is -0.454 e. The molecule has 1 aliphatic rings. The number of ether oxygens (including phenoxy) is 2. The molecule has 1 aromatic carbocycles. The van der Waals surface area contributed by atoms with Crippen molar-refractivity contribution in [2.75, 3.05) is 13.3 Å². The highest BCUT2D eigenvalue weighted by atomic mass is 127. The summed E-state index contributed by atoms with van der Waals surface area (Å²) in [4.78, 5) is 4.63. The van der Waals surface area contributed by atoms with E-state index in [9.17, 15) is 0 Å². The zero-order valence-corrected chi connectivity index (χ0v) is 19.0. The van der Waals surface area contributed by atoms with E-state index in [1.807, 2.05) is 31.2 Å². The van der Waals surface area contributed by atoms with Crippen molar-refractivity contribution in [1.82, 2.24) is 15.8 Å². The third kappa shape index (κ3) is 5.76. The average Bonchev–Trinajstić information content (AvgIpc) is 3.34. The van der Waals surface area contributed by atoms with E-state index in [-0.39, 0.29) is 30.8 Å². The van der Waals surface area contributed by atoms with Gasteiger partial charge in [-0.1, -0.05) is 25.1 Å². The topological polar surface area (TPSA) is 80.9 Å². The highest BCUT2D eigenvalue weighted by molar-refractivity contribution is 14.0. The Hall–Kier alpha value is -1.97. The second-order valence-corrected chi connectivity index (χ2v) is 6.47. The maximum Gasteiger partial charge on any atom is 0.231 e. The highest BCUT2D eigenvalue weighted by Gasteiger charge is 2.14. The number of aliphatic imine (C=N–C) groups is 1. The highest BCUT2D eigenvalue weighted by Crippen LogP contribution is 2.32. The van der Waals surface area contributed by atoms with Crippen LogP contribution in [0.15, 0.2) is 33.8 Å². The zero-order valence-electron chi connectivity index (χ0n) is 16.7. The van der Waals surface area contributed by atoms with Crippen molar-refractivity contribution in [1.29, 1.82) is 0 Å². The average molecular weight is 500 g/mol. The van der Waals surface area contributed by atoms with Crippen molar-refractivity contribution in [3.63, 3.8) is 0 Å². The predicted molar refractivity (Wildman–Crippen MR) is 119 cm³/mol. The summed E-state index contributed by atoms with van der Waals surface area (Å²) in [5.41, 5.74) is 2.09. The normalized spacial score (nSPS) is 12.8. The molecule has 0 fully saturated rings. The van der Waals surface area contributed by atoms with Crippen LogP contribution in [0.4, 0.5) is 0 Å². The van der Waals surface area contributed by atoms with Crippen LogP contribution in [0.1, 0.15) is 56.5 Å². The molecule has 2 aromatic rings.